The molecule has 0 fully saturated rings. The second kappa shape index (κ2) is 54.8. The van der Waals surface area contributed by atoms with Crippen LogP contribution in [0.5, 0.6) is 0 Å². The van der Waals surface area contributed by atoms with E-state index < -0.39 is 0 Å². The summed E-state index contributed by atoms with van der Waals surface area (Å²) in [7, 11) is 0. The van der Waals surface area contributed by atoms with Crippen molar-refractivity contribution < 1.29 is 49.6 Å². The fourth-order valence-corrected chi connectivity index (χ4v) is 0. The zero-order valence-corrected chi connectivity index (χ0v) is 7.42. The van der Waals surface area contributed by atoms with E-state index in [1.807, 2.05) is 6.79 Å². The van der Waals surface area contributed by atoms with Gasteiger partial charge in [0.15, 0.2) is 0 Å². The second-order valence-electron chi connectivity index (χ2n) is 0. The molecule has 0 bridgehead atoms. The van der Waals surface area contributed by atoms with Gasteiger partial charge >= 0.3 is 0 Å². The van der Waals surface area contributed by atoms with Crippen LogP contribution in [0.1, 0.15) is 0 Å². The average molecular weight is 336 g/mol. The molecule has 0 aliphatic rings. The van der Waals surface area contributed by atoms with E-state index >= 15 is 0 Å². The van der Waals surface area contributed by atoms with Gasteiger partial charge in [-0.05, 0) is 11.0 Å². The Morgan fingerprint density at radius 2 is 1.20 bits per heavy atom. The molecule has 5 heavy (non-hydrogen) atoms. The normalized spacial score (nSPS) is 0.800. The van der Waals surface area contributed by atoms with Crippen LogP contribution in [0.25, 0.3) is 0 Å². The molecule has 0 aromatic carbocycles. The predicted octanol–water partition coefficient (Wildman–Crippen LogP) is -1.64. The molecule has 0 spiro atoms. The molecule has 0 aliphatic carbocycles. The molecule has 0 aromatic rings. The zero-order valence-electron chi connectivity index (χ0n) is 2.01. The molecule has 4 heteroatoms. The molecule has 0 saturated heterocycles. The van der Waals surface area contributed by atoms with E-state index in [9.17, 15) is 0 Å². The van der Waals surface area contributed by atoms with Crippen molar-refractivity contribution >= 4 is 17.8 Å². The molecule has 0 aliphatic heterocycles. The Morgan fingerprint density at radius 1 is 1.20 bits per heavy atom. The van der Waals surface area contributed by atoms with Crippen molar-refractivity contribution in [2.75, 3.05) is 0 Å². The minimum Gasteiger partial charge on any atom is -0.307 e. The van der Waals surface area contributed by atoms with Crippen LogP contribution in [0.3, 0.4) is 0 Å². The molecule has 2 radical (unpaired) electrons. The van der Waals surface area contributed by atoms with Crippen LogP contribution >= 0.6 is 0 Å². The number of hydrogen-bond acceptors (Lipinski definition) is 1. The number of carbonyl (C=O) groups is 1. The summed E-state index contributed by atoms with van der Waals surface area (Å²) in [5.41, 5.74) is 0. The zero-order chi connectivity index (χ0) is 2.00. The molecule has 0 N–H and O–H groups in total. The third-order valence-electron chi connectivity index (χ3n) is 0. The van der Waals surface area contributed by atoms with Crippen molar-refractivity contribution in [3.63, 3.8) is 0 Å². The Kier molecular flexibility index (Phi) is 358. The Morgan fingerprint density at radius 3 is 1.20 bits per heavy atom. The van der Waals surface area contributed by atoms with Gasteiger partial charge in [0.25, 0.3) is 0 Å². The van der Waals surface area contributed by atoms with Crippen LogP contribution < -0.4 is 0 Å². The fraction of sp³-hybridized carbons (Fsp3) is 0. The Bertz CT molecular complexity index is 11.6. The van der Waals surface area contributed by atoms with Gasteiger partial charge in [0.2, 0.25) is 0 Å². The molecule has 0 heterocycles. The summed E-state index contributed by atoms with van der Waals surface area (Å²) in [5, 5.41) is 0. The number of carbonyl (C=O) groups excluding carboxylic acids is 1. The van der Waals surface area contributed by atoms with Gasteiger partial charge in [0.05, 0.1) is 0 Å². The van der Waals surface area contributed by atoms with Gasteiger partial charge in [-0.15, -0.1) is 0 Å². The molecule has 1 nitrogen and oxygen atoms in total. The van der Waals surface area contributed by atoms with Crippen LogP contribution in [-0.2, 0) is 49.6 Å². The first kappa shape index (κ1) is 32.7. The van der Waals surface area contributed by atoms with E-state index in [1.165, 1.54) is 0 Å². The van der Waals surface area contributed by atoms with Gasteiger partial charge in [-0.1, -0.05) is 0 Å². The smallest absolute Gasteiger partial charge is 0.106 e. The standard InChI is InChI=1S/CH2O.Nb.H4Si.Ta/c1-2;;;/h1H2;;1H4;. The molecular formula is CH6NbOSiTa. The monoisotopic (exact) mass is 336 g/mol. The summed E-state index contributed by atoms with van der Waals surface area (Å²) in [6.45, 7) is 2.00. The maximum atomic E-state index is 8.00. The van der Waals surface area contributed by atoms with E-state index in [0.717, 1.165) is 0 Å². The minimum atomic E-state index is 0. The Labute approximate surface area is 66.9 Å². The predicted molar refractivity (Wildman–Crippen MR) is 18.5 cm³/mol. The Hall–Kier alpha value is 1.37. The molecule has 30 valence electrons. The van der Waals surface area contributed by atoms with E-state index in [-0.39, 0.29) is 55.7 Å². The SMILES string of the molecule is C=O.[Nb].[SiH4].[Ta]. The summed E-state index contributed by atoms with van der Waals surface area (Å²) >= 11 is 0. The van der Waals surface area contributed by atoms with Crippen molar-refractivity contribution in [2.45, 2.75) is 0 Å². The maximum absolute atomic E-state index is 8.00. The van der Waals surface area contributed by atoms with Gasteiger partial charge in [0, 0.05) is 44.8 Å². The summed E-state index contributed by atoms with van der Waals surface area (Å²) in [4.78, 5) is 8.00. The van der Waals surface area contributed by atoms with Crippen molar-refractivity contribution in [1.82, 2.24) is 0 Å². The quantitative estimate of drug-likeness (QED) is 0.485. The summed E-state index contributed by atoms with van der Waals surface area (Å²) in [6, 6.07) is 0. The van der Waals surface area contributed by atoms with Crippen LogP contribution in [-0.4, -0.2) is 17.8 Å². The summed E-state index contributed by atoms with van der Waals surface area (Å²) in [6.07, 6.45) is 0. The van der Waals surface area contributed by atoms with E-state index in [0.29, 0.717) is 0 Å². The van der Waals surface area contributed by atoms with Gasteiger partial charge < -0.3 is 4.79 Å². The molecule has 0 amide bonds. The first-order valence-corrected chi connectivity index (χ1v) is 0.289. The molecule has 0 unspecified atom stereocenters. The van der Waals surface area contributed by atoms with Gasteiger partial charge in [-0.2, -0.15) is 0 Å². The molecular weight excluding hydrogens is 330 g/mol. The third-order valence-corrected chi connectivity index (χ3v) is 0. The number of rotatable bonds is 0. The fourth-order valence-electron chi connectivity index (χ4n) is 0. The summed E-state index contributed by atoms with van der Waals surface area (Å²) < 4.78 is 0. The maximum Gasteiger partial charge on any atom is 0.106 e. The minimum absolute atomic E-state index is 0. The Balaban J connectivity index is -0.00000000167. The second-order valence-corrected chi connectivity index (χ2v) is 0. The van der Waals surface area contributed by atoms with Crippen LogP contribution in [0.15, 0.2) is 0 Å². The molecule has 0 saturated carbocycles. The first-order chi connectivity index (χ1) is 1.00. The van der Waals surface area contributed by atoms with Crippen LogP contribution in [0.4, 0.5) is 0 Å². The van der Waals surface area contributed by atoms with Gasteiger partial charge in [-0.3, -0.25) is 0 Å². The van der Waals surface area contributed by atoms with E-state index in [2.05, 4.69) is 0 Å². The number of hydrogen-bond donors (Lipinski definition) is 0. The largest absolute Gasteiger partial charge is 0.307 e. The van der Waals surface area contributed by atoms with Crippen molar-refractivity contribution in [1.29, 1.82) is 0 Å². The van der Waals surface area contributed by atoms with Gasteiger partial charge in [-0.25, -0.2) is 0 Å². The van der Waals surface area contributed by atoms with Crippen molar-refractivity contribution in [3.8, 4) is 0 Å². The molecule has 0 atom stereocenters. The van der Waals surface area contributed by atoms with Crippen LogP contribution in [0, 0.1) is 0 Å². The molecule has 0 rings (SSSR count). The van der Waals surface area contributed by atoms with E-state index in [4.69, 9.17) is 4.79 Å². The average Bonchev–Trinajstić information content (AvgIpc) is 1.00. The van der Waals surface area contributed by atoms with E-state index in [1.54, 1.807) is 0 Å². The summed E-state index contributed by atoms with van der Waals surface area (Å²) in [5.74, 6) is 0. The molecule has 0 aromatic heterocycles. The van der Waals surface area contributed by atoms with Gasteiger partial charge in [0.1, 0.15) is 6.79 Å². The topological polar surface area (TPSA) is 17.1 Å². The van der Waals surface area contributed by atoms with Crippen molar-refractivity contribution in [3.05, 3.63) is 0 Å². The van der Waals surface area contributed by atoms with Crippen molar-refractivity contribution in [2.24, 2.45) is 0 Å². The van der Waals surface area contributed by atoms with Crippen LogP contribution in [0.2, 0.25) is 0 Å². The first-order valence-electron chi connectivity index (χ1n) is 0.289. The third kappa shape index (κ3) is 32.6.